The highest BCUT2D eigenvalue weighted by Gasteiger charge is 2.34. The van der Waals surface area contributed by atoms with Crippen LogP contribution in [0.1, 0.15) is 57.8 Å². The van der Waals surface area contributed by atoms with Gasteiger partial charge in [-0.25, -0.2) is 0 Å². The Morgan fingerprint density at radius 1 is 1.00 bits per heavy atom. The maximum absolute atomic E-state index is 12.0. The molecule has 3 saturated heterocycles. The Bertz CT molecular complexity index is 451. The lowest BCUT2D eigenvalue weighted by atomic mass is 9.88. The monoisotopic (exact) mass is 363 g/mol. The molecule has 0 aromatic heterocycles. The van der Waals surface area contributed by atoms with Crippen molar-refractivity contribution in [1.29, 1.82) is 0 Å². The van der Waals surface area contributed by atoms with Gasteiger partial charge in [0.25, 0.3) is 0 Å². The van der Waals surface area contributed by atoms with Crippen molar-refractivity contribution in [2.45, 2.75) is 82.0 Å². The minimum atomic E-state index is 0.406. The number of carbonyl (C=O) groups is 1. The third kappa shape index (κ3) is 4.58. The molecule has 26 heavy (non-hydrogen) atoms. The Labute approximate surface area is 158 Å². The van der Waals surface area contributed by atoms with Gasteiger partial charge in [-0.05, 0) is 71.0 Å². The number of piperidine rings is 1. The first kappa shape index (κ1) is 18.7. The standard InChI is InChI=1S/C20H37N5O/c26-20-2-1-11-25(20)19-5-3-18(4-6-19)24-12-8-16(9-13-24)22-10-7-17-14-21-15-23-17/h16-19,21-23H,1-15H2. The Kier molecular flexibility index (Phi) is 6.46. The van der Waals surface area contributed by atoms with Gasteiger partial charge in [0.15, 0.2) is 0 Å². The fourth-order valence-corrected chi connectivity index (χ4v) is 5.46. The molecule has 1 amide bonds. The molecule has 0 aromatic carbocycles. The summed E-state index contributed by atoms with van der Waals surface area (Å²) in [6, 6.07) is 2.66. The van der Waals surface area contributed by atoms with Crippen LogP contribution in [0.15, 0.2) is 0 Å². The van der Waals surface area contributed by atoms with Crippen molar-refractivity contribution in [2.75, 3.05) is 39.4 Å². The molecule has 6 heteroatoms. The number of amides is 1. The van der Waals surface area contributed by atoms with Gasteiger partial charge in [-0.1, -0.05) is 0 Å². The summed E-state index contributed by atoms with van der Waals surface area (Å²) in [5.74, 6) is 0.406. The van der Waals surface area contributed by atoms with Crippen molar-refractivity contribution in [3.63, 3.8) is 0 Å². The summed E-state index contributed by atoms with van der Waals surface area (Å²) in [7, 11) is 0. The number of hydrogen-bond acceptors (Lipinski definition) is 5. The van der Waals surface area contributed by atoms with E-state index in [0.717, 1.165) is 45.2 Å². The highest BCUT2D eigenvalue weighted by Crippen LogP contribution is 2.30. The average molecular weight is 364 g/mol. The molecule has 4 fully saturated rings. The van der Waals surface area contributed by atoms with Gasteiger partial charge in [-0.15, -0.1) is 0 Å². The first-order valence-electron chi connectivity index (χ1n) is 11.0. The predicted octanol–water partition coefficient (Wildman–Crippen LogP) is 0.883. The molecule has 0 spiro atoms. The minimum Gasteiger partial charge on any atom is -0.340 e. The van der Waals surface area contributed by atoms with Crippen molar-refractivity contribution in [3.05, 3.63) is 0 Å². The normalized spacial score (nSPS) is 34.7. The Morgan fingerprint density at radius 3 is 2.42 bits per heavy atom. The van der Waals surface area contributed by atoms with Crippen LogP contribution in [-0.4, -0.2) is 79.3 Å². The van der Waals surface area contributed by atoms with Gasteiger partial charge >= 0.3 is 0 Å². The fraction of sp³-hybridized carbons (Fsp3) is 0.950. The van der Waals surface area contributed by atoms with Crippen molar-refractivity contribution in [3.8, 4) is 0 Å². The lowest BCUT2D eigenvalue weighted by Crippen LogP contribution is -2.49. The van der Waals surface area contributed by atoms with Gasteiger partial charge in [-0.2, -0.15) is 0 Å². The van der Waals surface area contributed by atoms with Crippen LogP contribution in [0.4, 0.5) is 0 Å². The molecule has 148 valence electrons. The van der Waals surface area contributed by atoms with Gasteiger partial charge in [0, 0.05) is 50.3 Å². The summed E-state index contributed by atoms with van der Waals surface area (Å²) in [6.45, 7) is 6.73. The number of hydrogen-bond donors (Lipinski definition) is 3. The van der Waals surface area contributed by atoms with Crippen LogP contribution in [-0.2, 0) is 4.79 Å². The second-order valence-corrected chi connectivity index (χ2v) is 8.74. The highest BCUT2D eigenvalue weighted by atomic mass is 16.2. The van der Waals surface area contributed by atoms with E-state index in [9.17, 15) is 4.79 Å². The molecule has 1 aliphatic carbocycles. The van der Waals surface area contributed by atoms with Crippen molar-refractivity contribution < 1.29 is 4.79 Å². The maximum Gasteiger partial charge on any atom is 0.222 e. The summed E-state index contributed by atoms with van der Waals surface area (Å²) < 4.78 is 0. The Morgan fingerprint density at radius 2 is 1.77 bits per heavy atom. The Hall–Kier alpha value is -0.690. The topological polar surface area (TPSA) is 59.6 Å². The minimum absolute atomic E-state index is 0.406. The summed E-state index contributed by atoms with van der Waals surface area (Å²) in [5, 5.41) is 10.6. The van der Waals surface area contributed by atoms with Crippen LogP contribution in [0.5, 0.6) is 0 Å². The van der Waals surface area contributed by atoms with E-state index in [1.54, 1.807) is 0 Å². The largest absolute Gasteiger partial charge is 0.340 e. The van der Waals surface area contributed by atoms with E-state index in [2.05, 4.69) is 25.8 Å². The SMILES string of the molecule is O=C1CCCN1C1CCC(N2CCC(NCCC3CNCN3)CC2)CC1. The molecule has 4 aliphatic rings. The average Bonchev–Trinajstić information content (AvgIpc) is 3.34. The third-order valence-electron chi connectivity index (χ3n) is 7.10. The van der Waals surface area contributed by atoms with E-state index in [1.165, 1.54) is 58.0 Å². The van der Waals surface area contributed by atoms with Crippen LogP contribution in [0.3, 0.4) is 0 Å². The van der Waals surface area contributed by atoms with Gasteiger partial charge in [0.1, 0.15) is 0 Å². The number of rotatable bonds is 6. The number of likely N-dealkylation sites (tertiary alicyclic amines) is 2. The molecular weight excluding hydrogens is 326 g/mol. The second-order valence-electron chi connectivity index (χ2n) is 8.74. The molecule has 1 atom stereocenters. The number of nitrogens with zero attached hydrogens (tertiary/aromatic N) is 2. The molecule has 4 rings (SSSR count). The van der Waals surface area contributed by atoms with Crippen LogP contribution in [0, 0.1) is 0 Å². The zero-order valence-electron chi connectivity index (χ0n) is 16.2. The molecule has 3 N–H and O–H groups in total. The third-order valence-corrected chi connectivity index (χ3v) is 7.10. The maximum atomic E-state index is 12.0. The van der Waals surface area contributed by atoms with E-state index in [0.29, 0.717) is 24.0 Å². The van der Waals surface area contributed by atoms with E-state index in [-0.39, 0.29) is 0 Å². The lowest BCUT2D eigenvalue weighted by Gasteiger charge is -2.42. The number of carbonyl (C=O) groups excluding carboxylic acids is 1. The van der Waals surface area contributed by atoms with E-state index >= 15 is 0 Å². The molecule has 3 aliphatic heterocycles. The highest BCUT2D eigenvalue weighted by molar-refractivity contribution is 5.78. The van der Waals surface area contributed by atoms with Crippen LogP contribution in [0.25, 0.3) is 0 Å². The molecule has 0 aromatic rings. The quantitative estimate of drug-likeness (QED) is 0.654. The van der Waals surface area contributed by atoms with Gasteiger partial charge in [0.05, 0.1) is 0 Å². The molecule has 1 unspecified atom stereocenters. The smallest absolute Gasteiger partial charge is 0.222 e. The zero-order valence-corrected chi connectivity index (χ0v) is 16.2. The molecule has 0 radical (unpaired) electrons. The first-order valence-corrected chi connectivity index (χ1v) is 11.0. The summed E-state index contributed by atoms with van der Waals surface area (Å²) >= 11 is 0. The van der Waals surface area contributed by atoms with E-state index in [1.807, 2.05) is 0 Å². The van der Waals surface area contributed by atoms with E-state index < -0.39 is 0 Å². The van der Waals surface area contributed by atoms with Crippen LogP contribution < -0.4 is 16.0 Å². The van der Waals surface area contributed by atoms with Crippen LogP contribution >= 0.6 is 0 Å². The van der Waals surface area contributed by atoms with Crippen molar-refractivity contribution in [1.82, 2.24) is 25.8 Å². The van der Waals surface area contributed by atoms with Crippen molar-refractivity contribution in [2.24, 2.45) is 0 Å². The Balaban J connectivity index is 1.12. The van der Waals surface area contributed by atoms with Crippen molar-refractivity contribution >= 4 is 5.91 Å². The molecule has 0 bridgehead atoms. The summed E-state index contributed by atoms with van der Waals surface area (Å²) in [5.41, 5.74) is 0. The lowest BCUT2D eigenvalue weighted by molar-refractivity contribution is -0.130. The molecule has 6 nitrogen and oxygen atoms in total. The summed E-state index contributed by atoms with van der Waals surface area (Å²) in [4.78, 5) is 16.9. The molecule has 3 heterocycles. The van der Waals surface area contributed by atoms with E-state index in [4.69, 9.17) is 0 Å². The summed E-state index contributed by atoms with van der Waals surface area (Å²) in [6.07, 6.45) is 10.7. The van der Waals surface area contributed by atoms with Crippen LogP contribution in [0.2, 0.25) is 0 Å². The van der Waals surface area contributed by atoms with Gasteiger partial charge < -0.3 is 25.8 Å². The molecular formula is C20H37N5O. The second kappa shape index (κ2) is 9.00. The van der Waals surface area contributed by atoms with Gasteiger partial charge in [-0.3, -0.25) is 4.79 Å². The zero-order chi connectivity index (χ0) is 17.8. The molecule has 1 saturated carbocycles. The van der Waals surface area contributed by atoms with Gasteiger partial charge in [0.2, 0.25) is 5.91 Å². The first-order chi connectivity index (χ1) is 12.8. The number of nitrogens with one attached hydrogen (secondary N) is 3. The predicted molar refractivity (Wildman–Crippen MR) is 104 cm³/mol. The fourth-order valence-electron chi connectivity index (χ4n) is 5.46.